The second-order valence-electron chi connectivity index (χ2n) is 6.39. The largest absolute Gasteiger partial charge is 0.484 e. The van der Waals surface area contributed by atoms with E-state index in [-0.39, 0.29) is 24.3 Å². The molecule has 0 fully saturated rings. The number of halogens is 1. The van der Waals surface area contributed by atoms with Crippen LogP contribution < -0.4 is 10.1 Å². The number of anilines is 1. The van der Waals surface area contributed by atoms with Gasteiger partial charge in [0.2, 0.25) is 5.95 Å². The predicted octanol–water partition coefficient (Wildman–Crippen LogP) is 3.81. The lowest BCUT2D eigenvalue weighted by molar-refractivity contribution is 0.0824. The van der Waals surface area contributed by atoms with Gasteiger partial charge in [0.05, 0.1) is 0 Å². The first-order valence-electron chi connectivity index (χ1n) is 9.26. The van der Waals surface area contributed by atoms with Crippen LogP contribution in [0.5, 0.6) is 5.75 Å². The number of pyridine rings is 1. The number of ether oxygens (including phenoxy) is 1. The third-order valence-electron chi connectivity index (χ3n) is 4.23. The number of aromatic nitrogens is 4. The summed E-state index contributed by atoms with van der Waals surface area (Å²) in [6.45, 7) is 0.142. The Balaban J connectivity index is 1.55. The van der Waals surface area contributed by atoms with Crippen molar-refractivity contribution in [2.45, 2.75) is 6.54 Å². The second-order valence-corrected chi connectivity index (χ2v) is 6.39. The minimum atomic E-state index is -0.386. The van der Waals surface area contributed by atoms with Crippen LogP contribution in [0.1, 0.15) is 10.4 Å². The quantitative estimate of drug-likeness (QED) is 0.505. The van der Waals surface area contributed by atoms with Gasteiger partial charge in [0.1, 0.15) is 11.6 Å². The molecule has 0 radical (unpaired) electrons. The van der Waals surface area contributed by atoms with E-state index < -0.39 is 0 Å². The van der Waals surface area contributed by atoms with E-state index in [1.807, 2.05) is 18.2 Å². The van der Waals surface area contributed by atoms with E-state index in [4.69, 9.17) is 4.74 Å². The van der Waals surface area contributed by atoms with Gasteiger partial charge in [0, 0.05) is 24.5 Å². The van der Waals surface area contributed by atoms with Gasteiger partial charge in [-0.1, -0.05) is 30.3 Å². The van der Waals surface area contributed by atoms with Gasteiger partial charge in [0.25, 0.3) is 5.91 Å². The molecule has 0 aliphatic rings. The fourth-order valence-corrected chi connectivity index (χ4v) is 2.72. The van der Waals surface area contributed by atoms with Gasteiger partial charge in [-0.3, -0.25) is 9.78 Å². The molecule has 0 bridgehead atoms. The van der Waals surface area contributed by atoms with Crippen molar-refractivity contribution in [1.29, 1.82) is 0 Å². The molecule has 30 heavy (non-hydrogen) atoms. The van der Waals surface area contributed by atoms with E-state index in [9.17, 15) is 9.18 Å². The Labute approximate surface area is 172 Å². The van der Waals surface area contributed by atoms with Crippen LogP contribution in [-0.2, 0) is 6.54 Å². The Bertz CT molecular complexity index is 1120. The van der Waals surface area contributed by atoms with Gasteiger partial charge in [-0.25, -0.2) is 4.39 Å². The molecule has 0 aliphatic carbocycles. The highest BCUT2D eigenvalue weighted by Gasteiger charge is 2.18. The molecule has 0 unspecified atom stereocenters. The second kappa shape index (κ2) is 8.95. The lowest BCUT2D eigenvalue weighted by Crippen LogP contribution is -2.22. The Morgan fingerprint density at radius 2 is 1.83 bits per heavy atom. The fourth-order valence-electron chi connectivity index (χ4n) is 2.72. The fraction of sp³-hybridized carbons (Fsp3) is 0.0909. The molecule has 4 rings (SSSR count). The van der Waals surface area contributed by atoms with Crippen molar-refractivity contribution in [1.82, 2.24) is 19.7 Å². The Kier molecular flexibility index (Phi) is 5.75. The standard InChI is InChI=1S/C22H18FN5O2/c23-18-10-8-16(9-11-18)13-25-22-26-21(17-5-4-12-24-14-17)27-28(22)20(29)15-30-19-6-2-1-3-7-19/h1-12,14H,13,15H2,(H,25,26,27). The Morgan fingerprint density at radius 3 is 2.57 bits per heavy atom. The van der Waals surface area contributed by atoms with Crippen LogP contribution in [0.25, 0.3) is 11.4 Å². The van der Waals surface area contributed by atoms with Crippen LogP contribution in [0.15, 0.2) is 79.1 Å². The highest BCUT2D eigenvalue weighted by atomic mass is 19.1. The molecular formula is C22H18FN5O2. The van der Waals surface area contributed by atoms with E-state index in [0.717, 1.165) is 5.56 Å². The van der Waals surface area contributed by atoms with E-state index >= 15 is 0 Å². The average molecular weight is 403 g/mol. The first-order valence-corrected chi connectivity index (χ1v) is 9.26. The van der Waals surface area contributed by atoms with Gasteiger partial charge >= 0.3 is 0 Å². The summed E-state index contributed by atoms with van der Waals surface area (Å²) in [5.41, 5.74) is 1.51. The third kappa shape index (κ3) is 4.67. The molecular weight excluding hydrogens is 385 g/mol. The molecule has 2 heterocycles. The van der Waals surface area contributed by atoms with Gasteiger partial charge in [-0.15, -0.1) is 5.10 Å². The molecule has 150 valence electrons. The minimum Gasteiger partial charge on any atom is -0.484 e. The van der Waals surface area contributed by atoms with Crippen LogP contribution in [0.4, 0.5) is 10.3 Å². The molecule has 0 atom stereocenters. The van der Waals surface area contributed by atoms with E-state index in [2.05, 4.69) is 20.4 Å². The molecule has 0 spiro atoms. The smallest absolute Gasteiger partial charge is 0.287 e. The molecule has 7 nitrogen and oxygen atoms in total. The molecule has 0 saturated carbocycles. The van der Waals surface area contributed by atoms with Crippen molar-refractivity contribution >= 4 is 11.9 Å². The molecule has 0 aliphatic heterocycles. The number of para-hydroxylation sites is 1. The molecule has 1 N–H and O–H groups in total. The van der Waals surface area contributed by atoms with Crippen molar-refractivity contribution in [3.8, 4) is 17.1 Å². The van der Waals surface area contributed by atoms with Crippen molar-refractivity contribution in [3.63, 3.8) is 0 Å². The van der Waals surface area contributed by atoms with Crippen LogP contribution in [0, 0.1) is 5.82 Å². The number of hydrogen-bond donors (Lipinski definition) is 1. The van der Waals surface area contributed by atoms with Crippen LogP contribution >= 0.6 is 0 Å². The number of nitrogens with one attached hydrogen (secondary N) is 1. The summed E-state index contributed by atoms with van der Waals surface area (Å²) in [5, 5.41) is 7.42. The number of benzene rings is 2. The summed E-state index contributed by atoms with van der Waals surface area (Å²) < 4.78 is 19.8. The highest BCUT2D eigenvalue weighted by molar-refractivity contribution is 5.82. The Hall–Kier alpha value is -4.07. The zero-order chi connectivity index (χ0) is 20.8. The lowest BCUT2D eigenvalue weighted by Gasteiger charge is -2.08. The maximum Gasteiger partial charge on any atom is 0.287 e. The maximum atomic E-state index is 13.1. The van der Waals surface area contributed by atoms with Gasteiger partial charge < -0.3 is 10.1 Å². The van der Waals surface area contributed by atoms with Crippen molar-refractivity contribution < 1.29 is 13.9 Å². The summed E-state index contributed by atoms with van der Waals surface area (Å²) in [6, 6.07) is 18.7. The van der Waals surface area contributed by atoms with Crippen LogP contribution in [0.3, 0.4) is 0 Å². The summed E-state index contributed by atoms with van der Waals surface area (Å²) in [4.78, 5) is 21.3. The van der Waals surface area contributed by atoms with Gasteiger partial charge in [-0.2, -0.15) is 9.67 Å². The summed E-state index contributed by atoms with van der Waals surface area (Å²) >= 11 is 0. The average Bonchev–Trinajstić information content (AvgIpc) is 3.23. The molecule has 8 heteroatoms. The number of carbonyl (C=O) groups excluding carboxylic acids is 1. The monoisotopic (exact) mass is 403 g/mol. The topological polar surface area (TPSA) is 81.9 Å². The molecule has 2 aromatic heterocycles. The SMILES string of the molecule is O=C(COc1ccccc1)n1nc(-c2cccnc2)nc1NCc1ccc(F)cc1. The number of carbonyl (C=O) groups is 1. The van der Waals surface area contributed by atoms with E-state index in [0.29, 0.717) is 23.7 Å². The molecule has 0 amide bonds. The lowest BCUT2D eigenvalue weighted by atomic mass is 10.2. The van der Waals surface area contributed by atoms with Gasteiger partial charge in [-0.05, 0) is 42.0 Å². The normalized spacial score (nSPS) is 10.6. The summed E-state index contributed by atoms with van der Waals surface area (Å²) in [7, 11) is 0. The van der Waals surface area contributed by atoms with Crippen molar-refractivity contribution in [2.75, 3.05) is 11.9 Å². The minimum absolute atomic E-state index is 0.203. The summed E-state index contributed by atoms with van der Waals surface area (Å²) in [5.74, 6) is 0.508. The third-order valence-corrected chi connectivity index (χ3v) is 4.23. The predicted molar refractivity (Wildman–Crippen MR) is 110 cm³/mol. The first kappa shape index (κ1) is 19.3. The highest BCUT2D eigenvalue weighted by Crippen LogP contribution is 2.18. The molecule has 2 aromatic carbocycles. The van der Waals surface area contributed by atoms with Crippen LogP contribution in [-0.4, -0.2) is 32.3 Å². The van der Waals surface area contributed by atoms with Crippen LogP contribution in [0.2, 0.25) is 0 Å². The first-order chi connectivity index (χ1) is 14.7. The Morgan fingerprint density at radius 1 is 1.03 bits per heavy atom. The molecule has 0 saturated heterocycles. The number of nitrogens with zero attached hydrogens (tertiary/aromatic N) is 4. The number of hydrogen-bond acceptors (Lipinski definition) is 6. The van der Waals surface area contributed by atoms with E-state index in [1.165, 1.54) is 16.8 Å². The molecule has 4 aromatic rings. The van der Waals surface area contributed by atoms with Gasteiger partial charge in [0.15, 0.2) is 12.4 Å². The maximum absolute atomic E-state index is 13.1. The van der Waals surface area contributed by atoms with Crippen molar-refractivity contribution in [2.24, 2.45) is 0 Å². The summed E-state index contributed by atoms with van der Waals surface area (Å²) in [6.07, 6.45) is 3.27. The number of rotatable bonds is 7. The zero-order valence-electron chi connectivity index (χ0n) is 15.9. The zero-order valence-corrected chi connectivity index (χ0v) is 15.9. The van der Waals surface area contributed by atoms with E-state index in [1.54, 1.807) is 48.8 Å². The van der Waals surface area contributed by atoms with Crippen molar-refractivity contribution in [3.05, 3.63) is 90.5 Å².